The maximum absolute atomic E-state index is 2.45. The Hall–Kier alpha value is -0.0400. The first-order valence-corrected chi connectivity index (χ1v) is 6.40. The zero-order chi connectivity index (χ0) is 12.1. The average molecular weight is 213 g/mol. The summed E-state index contributed by atoms with van der Waals surface area (Å²) in [5.74, 6) is 0. The standard InChI is InChI=1S/C14H31N/c1-8-14(5,6)11-9-10-12-15(7)13(2,3)4/h8-12H2,1-7H3. The van der Waals surface area contributed by atoms with Gasteiger partial charge in [0.2, 0.25) is 0 Å². The minimum absolute atomic E-state index is 0.320. The summed E-state index contributed by atoms with van der Waals surface area (Å²) in [6, 6.07) is 0. The SMILES string of the molecule is CCC(C)(C)CCCCN(C)C(C)(C)C. The van der Waals surface area contributed by atoms with Crippen LogP contribution in [-0.4, -0.2) is 24.0 Å². The topological polar surface area (TPSA) is 3.24 Å². The fourth-order valence-electron chi connectivity index (χ4n) is 1.46. The highest BCUT2D eigenvalue weighted by atomic mass is 15.1. The van der Waals surface area contributed by atoms with Crippen molar-refractivity contribution in [2.75, 3.05) is 13.6 Å². The van der Waals surface area contributed by atoms with E-state index in [-0.39, 0.29) is 0 Å². The highest BCUT2D eigenvalue weighted by Crippen LogP contribution is 2.26. The van der Waals surface area contributed by atoms with Crippen molar-refractivity contribution in [3.05, 3.63) is 0 Å². The predicted octanol–water partition coefficient (Wildman–Crippen LogP) is 4.32. The molecule has 0 N–H and O–H groups in total. The third-order valence-corrected chi connectivity index (χ3v) is 3.70. The van der Waals surface area contributed by atoms with Crippen molar-refractivity contribution in [3.63, 3.8) is 0 Å². The molecule has 92 valence electrons. The quantitative estimate of drug-likeness (QED) is 0.594. The van der Waals surface area contributed by atoms with Gasteiger partial charge in [-0.25, -0.2) is 0 Å². The van der Waals surface area contributed by atoms with Crippen molar-refractivity contribution in [1.29, 1.82) is 0 Å². The Morgan fingerprint density at radius 3 is 1.87 bits per heavy atom. The summed E-state index contributed by atoms with van der Waals surface area (Å²) in [6.45, 7) is 15.1. The van der Waals surface area contributed by atoms with Gasteiger partial charge in [-0.3, -0.25) is 0 Å². The Morgan fingerprint density at radius 1 is 0.933 bits per heavy atom. The van der Waals surface area contributed by atoms with Crippen molar-refractivity contribution >= 4 is 0 Å². The largest absolute Gasteiger partial charge is 0.302 e. The number of unbranched alkanes of at least 4 members (excludes halogenated alkanes) is 1. The van der Waals surface area contributed by atoms with Crippen LogP contribution in [0, 0.1) is 5.41 Å². The minimum Gasteiger partial charge on any atom is -0.302 e. The van der Waals surface area contributed by atoms with Gasteiger partial charge in [0.1, 0.15) is 0 Å². The molecule has 0 aromatic heterocycles. The molecular formula is C14H31N. The van der Waals surface area contributed by atoms with Gasteiger partial charge in [0.05, 0.1) is 0 Å². The molecule has 0 saturated heterocycles. The van der Waals surface area contributed by atoms with Crippen LogP contribution >= 0.6 is 0 Å². The first kappa shape index (κ1) is 15.0. The number of hydrogen-bond acceptors (Lipinski definition) is 1. The summed E-state index contributed by atoms with van der Waals surface area (Å²) >= 11 is 0. The molecule has 0 aromatic rings. The zero-order valence-corrected chi connectivity index (χ0v) is 12.0. The highest BCUT2D eigenvalue weighted by molar-refractivity contribution is 4.73. The molecule has 0 atom stereocenters. The minimum atomic E-state index is 0.320. The first-order valence-electron chi connectivity index (χ1n) is 6.40. The summed E-state index contributed by atoms with van der Waals surface area (Å²) in [6.07, 6.45) is 5.35. The molecule has 15 heavy (non-hydrogen) atoms. The van der Waals surface area contributed by atoms with Crippen molar-refractivity contribution in [1.82, 2.24) is 4.90 Å². The Labute approximate surface area is 97.2 Å². The molecule has 0 aliphatic carbocycles. The molecule has 0 heterocycles. The lowest BCUT2D eigenvalue weighted by atomic mass is 9.84. The van der Waals surface area contributed by atoms with Crippen LogP contribution in [0.25, 0.3) is 0 Å². The molecule has 0 amide bonds. The molecule has 0 aliphatic rings. The van der Waals surface area contributed by atoms with Gasteiger partial charge in [-0.05, 0) is 52.6 Å². The molecule has 0 aromatic carbocycles. The fraction of sp³-hybridized carbons (Fsp3) is 1.00. The Balaban J connectivity index is 3.64. The number of hydrogen-bond donors (Lipinski definition) is 0. The van der Waals surface area contributed by atoms with E-state index in [1.54, 1.807) is 0 Å². The van der Waals surface area contributed by atoms with Crippen LogP contribution in [0.2, 0.25) is 0 Å². The van der Waals surface area contributed by atoms with Gasteiger partial charge >= 0.3 is 0 Å². The molecule has 0 bridgehead atoms. The molecular weight excluding hydrogens is 182 g/mol. The van der Waals surface area contributed by atoms with Crippen LogP contribution in [0.3, 0.4) is 0 Å². The molecule has 0 unspecified atom stereocenters. The maximum atomic E-state index is 2.45. The normalized spacial score (nSPS) is 13.6. The molecule has 1 nitrogen and oxygen atoms in total. The summed E-state index contributed by atoms with van der Waals surface area (Å²) < 4.78 is 0. The van der Waals surface area contributed by atoms with E-state index in [2.05, 4.69) is 53.5 Å². The Morgan fingerprint density at radius 2 is 1.47 bits per heavy atom. The predicted molar refractivity (Wildman–Crippen MR) is 70.3 cm³/mol. The summed E-state index contributed by atoms with van der Waals surface area (Å²) in [5.41, 5.74) is 0.862. The first-order chi connectivity index (χ1) is 6.69. The second-order valence-corrected chi connectivity index (χ2v) is 6.57. The second kappa shape index (κ2) is 5.89. The van der Waals surface area contributed by atoms with Gasteiger partial charge < -0.3 is 4.90 Å². The van der Waals surface area contributed by atoms with Crippen molar-refractivity contribution < 1.29 is 0 Å². The van der Waals surface area contributed by atoms with E-state index >= 15 is 0 Å². The van der Waals surface area contributed by atoms with Gasteiger partial charge in [-0.2, -0.15) is 0 Å². The maximum Gasteiger partial charge on any atom is 0.0122 e. The van der Waals surface area contributed by atoms with E-state index in [0.717, 1.165) is 0 Å². The zero-order valence-electron chi connectivity index (χ0n) is 12.0. The van der Waals surface area contributed by atoms with Crippen LogP contribution in [0.1, 0.15) is 67.2 Å². The highest BCUT2D eigenvalue weighted by Gasteiger charge is 2.17. The van der Waals surface area contributed by atoms with Gasteiger partial charge in [0.25, 0.3) is 0 Å². The molecule has 0 spiro atoms. The van der Waals surface area contributed by atoms with Gasteiger partial charge in [-0.15, -0.1) is 0 Å². The second-order valence-electron chi connectivity index (χ2n) is 6.57. The Bertz CT molecular complexity index is 165. The van der Waals surface area contributed by atoms with Crippen LogP contribution < -0.4 is 0 Å². The van der Waals surface area contributed by atoms with E-state index in [4.69, 9.17) is 0 Å². The molecule has 0 radical (unpaired) electrons. The summed E-state index contributed by atoms with van der Waals surface area (Å²) in [5, 5.41) is 0. The third kappa shape index (κ3) is 6.94. The lowest BCUT2D eigenvalue weighted by Gasteiger charge is -2.32. The van der Waals surface area contributed by atoms with Crippen LogP contribution in [0.4, 0.5) is 0 Å². The number of rotatable bonds is 6. The summed E-state index contributed by atoms with van der Waals surface area (Å²) in [4.78, 5) is 2.45. The lowest BCUT2D eigenvalue weighted by molar-refractivity contribution is 0.169. The monoisotopic (exact) mass is 213 g/mol. The Kier molecular flexibility index (Phi) is 5.87. The smallest absolute Gasteiger partial charge is 0.0122 e. The van der Waals surface area contributed by atoms with E-state index in [9.17, 15) is 0 Å². The fourth-order valence-corrected chi connectivity index (χ4v) is 1.46. The van der Waals surface area contributed by atoms with Gasteiger partial charge in [0, 0.05) is 5.54 Å². The number of nitrogens with zero attached hydrogens (tertiary/aromatic N) is 1. The van der Waals surface area contributed by atoms with Crippen molar-refractivity contribution in [3.8, 4) is 0 Å². The lowest BCUT2D eigenvalue weighted by Crippen LogP contribution is -2.38. The van der Waals surface area contributed by atoms with Crippen molar-refractivity contribution in [2.45, 2.75) is 72.8 Å². The van der Waals surface area contributed by atoms with Crippen LogP contribution in [0.15, 0.2) is 0 Å². The average Bonchev–Trinajstić information content (AvgIpc) is 2.10. The van der Waals surface area contributed by atoms with Crippen LogP contribution in [-0.2, 0) is 0 Å². The molecule has 1 heteroatoms. The third-order valence-electron chi connectivity index (χ3n) is 3.70. The van der Waals surface area contributed by atoms with Crippen LogP contribution in [0.5, 0.6) is 0 Å². The van der Waals surface area contributed by atoms with E-state index < -0.39 is 0 Å². The molecule has 0 saturated carbocycles. The van der Waals surface area contributed by atoms with E-state index in [1.807, 2.05) is 0 Å². The van der Waals surface area contributed by atoms with Crippen molar-refractivity contribution in [2.24, 2.45) is 5.41 Å². The molecule has 0 rings (SSSR count). The van der Waals surface area contributed by atoms with E-state index in [1.165, 1.54) is 32.2 Å². The molecule has 0 fully saturated rings. The van der Waals surface area contributed by atoms with Gasteiger partial charge in [-0.1, -0.05) is 33.6 Å². The molecule has 0 aliphatic heterocycles. The summed E-state index contributed by atoms with van der Waals surface area (Å²) in [7, 11) is 2.23. The van der Waals surface area contributed by atoms with Gasteiger partial charge in [0.15, 0.2) is 0 Å². The van der Waals surface area contributed by atoms with E-state index in [0.29, 0.717) is 11.0 Å².